The molecule has 3 saturated carbocycles. The number of rotatable bonds is 5. The predicted molar refractivity (Wildman–Crippen MR) is 120 cm³/mol. The van der Waals surface area contributed by atoms with Crippen LogP contribution < -0.4 is 0 Å². The zero-order valence-corrected chi connectivity index (χ0v) is 19.8. The second kappa shape index (κ2) is 8.71. The Bertz CT molecular complexity index is 868. The van der Waals surface area contributed by atoms with E-state index in [1.807, 2.05) is 13.0 Å². The molecule has 0 aromatic heterocycles. The number of hydrogen-bond acceptors (Lipinski definition) is 6. The number of halogens is 1. The molecule has 0 spiro atoms. The van der Waals surface area contributed by atoms with E-state index in [1.165, 1.54) is 0 Å². The summed E-state index contributed by atoms with van der Waals surface area (Å²) in [5, 5.41) is 11.3. The number of thioether (sulfide) groups is 1. The van der Waals surface area contributed by atoms with Gasteiger partial charge in [0.15, 0.2) is 10.9 Å². The molecule has 0 aromatic rings. The van der Waals surface area contributed by atoms with Crippen molar-refractivity contribution >= 4 is 28.6 Å². The number of aliphatic hydroxyl groups is 1. The molecule has 4 aliphatic rings. The molecule has 0 unspecified atom stereocenters. The highest BCUT2D eigenvalue weighted by molar-refractivity contribution is 8.13. The van der Waals surface area contributed by atoms with Gasteiger partial charge >= 0.3 is 5.97 Å². The van der Waals surface area contributed by atoms with E-state index in [1.54, 1.807) is 19.1 Å². The molecular formula is C25H33FO5S. The van der Waals surface area contributed by atoms with Crippen molar-refractivity contribution < 1.29 is 28.6 Å². The molecule has 0 aromatic carbocycles. The molecule has 0 aliphatic heterocycles. The molecular weight excluding hydrogens is 431 g/mol. The largest absolute Gasteiger partial charge is 0.465 e. The zero-order valence-electron chi connectivity index (χ0n) is 19.0. The Morgan fingerprint density at radius 2 is 2.12 bits per heavy atom. The maximum Gasteiger partial charge on any atom is 0.305 e. The van der Waals surface area contributed by atoms with E-state index in [2.05, 4.69) is 6.92 Å². The fourth-order valence-electron chi connectivity index (χ4n) is 7.63. The van der Waals surface area contributed by atoms with Crippen LogP contribution >= 0.6 is 11.8 Å². The molecule has 7 heteroatoms. The molecule has 4 rings (SSSR count). The summed E-state index contributed by atoms with van der Waals surface area (Å²) < 4.78 is 18.8. The molecule has 4 aliphatic carbocycles. The summed E-state index contributed by atoms with van der Waals surface area (Å²) in [7, 11) is 0. The van der Waals surface area contributed by atoms with E-state index in [0.29, 0.717) is 18.2 Å². The van der Waals surface area contributed by atoms with Gasteiger partial charge in [-0.15, -0.1) is 0 Å². The van der Waals surface area contributed by atoms with Crippen molar-refractivity contribution in [1.82, 2.24) is 0 Å². The lowest BCUT2D eigenvalue weighted by Crippen LogP contribution is -2.58. The van der Waals surface area contributed by atoms with E-state index in [4.69, 9.17) is 4.74 Å². The smallest absolute Gasteiger partial charge is 0.305 e. The maximum absolute atomic E-state index is 13.1. The van der Waals surface area contributed by atoms with Gasteiger partial charge in [0, 0.05) is 29.1 Å². The van der Waals surface area contributed by atoms with Crippen LogP contribution in [-0.4, -0.2) is 40.7 Å². The number of aliphatic hydroxyl groups excluding tert-OH is 1. The monoisotopic (exact) mass is 464 g/mol. The standard InChI is InChI=1S/C25H33FO5S/c1-4-20(29)31-12-25-11-19(28)22-17(6-5-15-10-16(27)7-8-24(15,22)3)18(25)9-14(2)21(25)23(30)32-13-26/h7-8,10,14,17-19,21-22,28H,4-6,9,11-13H2,1-3H3/t14-,17+,18+,19+,21-,22-,24+,25-/m1/s1. The molecule has 0 heterocycles. The summed E-state index contributed by atoms with van der Waals surface area (Å²) in [5.41, 5.74) is -0.0148. The number of allylic oxidation sites excluding steroid dienone is 4. The first-order valence-corrected chi connectivity index (χ1v) is 12.7. The number of alkyl halides is 1. The highest BCUT2D eigenvalue weighted by atomic mass is 32.2. The summed E-state index contributed by atoms with van der Waals surface area (Å²) in [4.78, 5) is 37.1. The minimum Gasteiger partial charge on any atom is -0.465 e. The lowest BCUT2D eigenvalue weighted by molar-refractivity contribution is -0.168. The van der Waals surface area contributed by atoms with Gasteiger partial charge < -0.3 is 9.84 Å². The Labute approximate surface area is 193 Å². The minimum absolute atomic E-state index is 0.00885. The van der Waals surface area contributed by atoms with Crippen LogP contribution in [0.25, 0.3) is 0 Å². The number of carbonyl (C=O) groups excluding carboxylic acids is 3. The first kappa shape index (κ1) is 23.7. The summed E-state index contributed by atoms with van der Waals surface area (Å²) >= 11 is 0.689. The van der Waals surface area contributed by atoms with Gasteiger partial charge in [-0.25, -0.2) is 4.39 Å². The van der Waals surface area contributed by atoms with Crippen molar-refractivity contribution in [2.75, 3.05) is 12.6 Å². The third-order valence-electron chi connectivity index (χ3n) is 8.82. The third-order valence-corrected chi connectivity index (χ3v) is 9.46. The van der Waals surface area contributed by atoms with E-state index in [-0.39, 0.29) is 53.6 Å². The highest BCUT2D eigenvalue weighted by Crippen LogP contribution is 2.67. The van der Waals surface area contributed by atoms with Gasteiger partial charge in [0.1, 0.15) is 6.01 Å². The number of hydrogen-bond donors (Lipinski definition) is 1. The average molecular weight is 465 g/mol. The molecule has 176 valence electrons. The van der Waals surface area contributed by atoms with Gasteiger partial charge in [-0.1, -0.05) is 44.2 Å². The Morgan fingerprint density at radius 3 is 2.81 bits per heavy atom. The number of carbonyl (C=O) groups is 3. The normalized spacial score (nSPS) is 42.5. The molecule has 0 radical (unpaired) electrons. The van der Waals surface area contributed by atoms with Gasteiger partial charge in [0.2, 0.25) is 0 Å². The number of ether oxygens (including phenoxy) is 1. The molecule has 0 amide bonds. The highest BCUT2D eigenvalue weighted by Gasteiger charge is 2.66. The Balaban J connectivity index is 1.74. The lowest BCUT2D eigenvalue weighted by Gasteiger charge is -2.59. The van der Waals surface area contributed by atoms with Crippen LogP contribution in [0.2, 0.25) is 0 Å². The van der Waals surface area contributed by atoms with E-state index in [0.717, 1.165) is 24.8 Å². The number of esters is 1. The van der Waals surface area contributed by atoms with Gasteiger partial charge in [-0.2, -0.15) is 0 Å². The van der Waals surface area contributed by atoms with Crippen molar-refractivity contribution in [3.05, 3.63) is 23.8 Å². The number of fused-ring (bicyclic) bond motifs is 5. The van der Waals surface area contributed by atoms with Gasteiger partial charge in [-0.3, -0.25) is 14.4 Å². The molecule has 32 heavy (non-hydrogen) atoms. The van der Waals surface area contributed by atoms with E-state index in [9.17, 15) is 23.9 Å². The predicted octanol–water partition coefficient (Wildman–Crippen LogP) is 4.25. The average Bonchev–Trinajstić information content (AvgIpc) is 3.04. The van der Waals surface area contributed by atoms with Gasteiger partial charge in [0.25, 0.3) is 0 Å². The fourth-order valence-corrected chi connectivity index (χ4v) is 8.39. The topological polar surface area (TPSA) is 80.7 Å². The van der Waals surface area contributed by atoms with Crippen molar-refractivity contribution in [2.24, 2.45) is 40.4 Å². The van der Waals surface area contributed by atoms with Crippen molar-refractivity contribution in [1.29, 1.82) is 0 Å². The van der Waals surface area contributed by atoms with Gasteiger partial charge in [0.05, 0.1) is 12.7 Å². The number of ketones is 1. The van der Waals surface area contributed by atoms with Crippen LogP contribution in [-0.2, 0) is 19.1 Å². The summed E-state index contributed by atoms with van der Waals surface area (Å²) in [6, 6.07) is -0.781. The third kappa shape index (κ3) is 3.60. The molecule has 1 N–H and O–H groups in total. The van der Waals surface area contributed by atoms with Crippen molar-refractivity contribution in [2.45, 2.75) is 59.0 Å². The summed E-state index contributed by atoms with van der Waals surface area (Å²) in [6.07, 6.45) is 7.53. The molecule has 5 nitrogen and oxygen atoms in total. The minimum atomic E-state index is -0.781. The summed E-state index contributed by atoms with van der Waals surface area (Å²) in [6.45, 7) is 5.95. The van der Waals surface area contributed by atoms with Crippen molar-refractivity contribution in [3.8, 4) is 0 Å². The van der Waals surface area contributed by atoms with Gasteiger partial charge in [-0.05, 0) is 55.6 Å². The van der Waals surface area contributed by atoms with Crippen LogP contribution in [0.1, 0.15) is 52.9 Å². The Hall–Kier alpha value is -1.47. The second-order valence-electron chi connectivity index (χ2n) is 10.3. The van der Waals surface area contributed by atoms with Crippen LogP contribution in [0.3, 0.4) is 0 Å². The Kier molecular flexibility index (Phi) is 6.45. The van der Waals surface area contributed by atoms with E-state index < -0.39 is 28.9 Å². The molecule has 0 saturated heterocycles. The van der Waals surface area contributed by atoms with Crippen LogP contribution in [0, 0.1) is 40.4 Å². The first-order chi connectivity index (χ1) is 15.2. The summed E-state index contributed by atoms with van der Waals surface area (Å²) in [5.74, 6) is -0.614. The van der Waals surface area contributed by atoms with Crippen LogP contribution in [0.4, 0.5) is 4.39 Å². The maximum atomic E-state index is 13.1. The van der Waals surface area contributed by atoms with Crippen LogP contribution in [0.5, 0.6) is 0 Å². The lowest BCUT2D eigenvalue weighted by atomic mass is 9.46. The fraction of sp³-hybridized carbons (Fsp3) is 0.720. The molecule has 0 bridgehead atoms. The quantitative estimate of drug-likeness (QED) is 0.613. The van der Waals surface area contributed by atoms with Crippen LogP contribution in [0.15, 0.2) is 23.8 Å². The van der Waals surface area contributed by atoms with Crippen molar-refractivity contribution in [3.63, 3.8) is 0 Å². The first-order valence-electron chi connectivity index (χ1n) is 11.7. The molecule has 8 atom stereocenters. The Morgan fingerprint density at radius 1 is 1.38 bits per heavy atom. The van der Waals surface area contributed by atoms with E-state index >= 15 is 0 Å². The SMILES string of the molecule is CCC(=O)OC[C@]12C[C@H](O)[C@H]3[C@@H](CCC4=CC(=O)C=C[C@@]43C)[C@@H]1C[C@@H](C)[C@@H]2C(=O)SCF. The zero-order chi connectivity index (χ0) is 23.3. The molecule has 3 fully saturated rings. The second-order valence-corrected chi connectivity index (χ2v) is 11.2.